The van der Waals surface area contributed by atoms with Crippen molar-refractivity contribution in [3.8, 4) is 11.8 Å². The molecule has 0 aliphatic carbocycles. The Bertz CT molecular complexity index is 631. The van der Waals surface area contributed by atoms with Crippen LogP contribution in [0.5, 0.6) is 5.75 Å². The number of benzene rings is 1. The Labute approximate surface area is 142 Å². The number of carbonyl (C=O) groups excluding carboxylic acids is 1. The first kappa shape index (κ1) is 18.1. The normalized spacial score (nSPS) is 18.5. The van der Waals surface area contributed by atoms with Crippen LogP contribution in [0.25, 0.3) is 0 Å². The number of ether oxygens (including phenoxy) is 2. The molecule has 0 aromatic heterocycles. The molecule has 1 heterocycles. The largest absolute Gasteiger partial charge is 0.528 e. The van der Waals surface area contributed by atoms with E-state index in [-0.39, 0.29) is 6.10 Å². The van der Waals surface area contributed by atoms with E-state index in [0.717, 1.165) is 24.2 Å². The van der Waals surface area contributed by atoms with Crippen molar-refractivity contribution in [2.24, 2.45) is 0 Å². The molecule has 1 fully saturated rings. The third-order valence-electron chi connectivity index (χ3n) is 3.56. The molecule has 0 radical (unpaired) electrons. The van der Waals surface area contributed by atoms with Crippen LogP contribution in [0.1, 0.15) is 44.7 Å². The van der Waals surface area contributed by atoms with Gasteiger partial charge in [0, 0.05) is 6.54 Å². The minimum absolute atomic E-state index is 0.0754. The van der Waals surface area contributed by atoms with Gasteiger partial charge in [0.15, 0.2) is 0 Å². The minimum atomic E-state index is -0.697. The van der Waals surface area contributed by atoms with Crippen LogP contribution >= 0.6 is 0 Å². The van der Waals surface area contributed by atoms with E-state index in [1.54, 1.807) is 38.0 Å². The van der Waals surface area contributed by atoms with Crippen LogP contribution in [-0.4, -0.2) is 36.0 Å². The molecule has 1 saturated heterocycles. The molecular formula is C18H24N2O4. The number of rotatable bonds is 3. The summed E-state index contributed by atoms with van der Waals surface area (Å²) >= 11 is 0. The predicted molar refractivity (Wildman–Crippen MR) is 88.4 cm³/mol. The Kier molecular flexibility index (Phi) is 5.68. The average Bonchev–Trinajstić information content (AvgIpc) is 2.45. The van der Waals surface area contributed by atoms with Gasteiger partial charge in [-0.2, -0.15) is 5.26 Å². The Morgan fingerprint density at radius 2 is 2.12 bits per heavy atom. The molecule has 6 heteroatoms. The fraction of sp³-hybridized carbons (Fsp3) is 0.556. The maximum Gasteiger partial charge on any atom is 0.528 e. The van der Waals surface area contributed by atoms with Crippen LogP contribution in [0.15, 0.2) is 18.2 Å². The Morgan fingerprint density at radius 1 is 1.38 bits per heavy atom. The molecule has 0 amide bonds. The summed E-state index contributed by atoms with van der Waals surface area (Å²) < 4.78 is 11.1. The van der Waals surface area contributed by atoms with Crippen molar-refractivity contribution in [3.05, 3.63) is 29.3 Å². The summed E-state index contributed by atoms with van der Waals surface area (Å²) in [7, 11) is 0. The summed E-state index contributed by atoms with van der Waals surface area (Å²) in [4.78, 5) is 17.0. The van der Waals surface area contributed by atoms with E-state index >= 15 is 0 Å². The first-order valence-electron chi connectivity index (χ1n) is 8.10. The Morgan fingerprint density at radius 3 is 2.75 bits per heavy atom. The average molecular weight is 332 g/mol. The summed E-state index contributed by atoms with van der Waals surface area (Å²) in [6, 6.07) is 7.53. The van der Waals surface area contributed by atoms with Gasteiger partial charge in [-0.05, 0) is 64.3 Å². The number of hydrogen-bond donors (Lipinski definition) is 0. The molecule has 0 saturated carbocycles. The highest BCUT2D eigenvalue weighted by molar-refractivity contribution is 5.60. The Balaban J connectivity index is 1.90. The zero-order chi connectivity index (χ0) is 17.7. The van der Waals surface area contributed by atoms with Crippen molar-refractivity contribution in [2.75, 3.05) is 13.1 Å². The monoisotopic (exact) mass is 332 g/mol. The molecule has 0 spiro atoms. The standard InChI is InChI=1S/C18H24N2O4/c1-13-10-15(8-7-14(13)11-19)22-16-6-5-9-20(12-16)24-17(21)23-18(2,3)4/h7-8,10,16H,5-6,9,12H2,1-4H3. The lowest BCUT2D eigenvalue weighted by Gasteiger charge is -2.31. The van der Waals surface area contributed by atoms with Gasteiger partial charge in [-0.25, -0.2) is 4.79 Å². The van der Waals surface area contributed by atoms with Crippen molar-refractivity contribution < 1.29 is 19.1 Å². The minimum Gasteiger partial charge on any atom is -0.489 e. The number of nitrogens with zero attached hydrogens (tertiary/aromatic N) is 2. The zero-order valence-corrected chi connectivity index (χ0v) is 14.7. The molecule has 1 aromatic carbocycles. The second kappa shape index (κ2) is 7.54. The number of aryl methyl sites for hydroxylation is 1. The molecule has 6 nitrogen and oxygen atoms in total. The molecule has 24 heavy (non-hydrogen) atoms. The fourth-order valence-corrected chi connectivity index (χ4v) is 2.49. The summed E-state index contributed by atoms with van der Waals surface area (Å²) in [5.41, 5.74) is 0.941. The second-order valence-electron chi connectivity index (χ2n) is 6.91. The van der Waals surface area contributed by atoms with E-state index in [2.05, 4.69) is 6.07 Å². The third kappa shape index (κ3) is 5.43. The first-order chi connectivity index (χ1) is 11.3. The second-order valence-corrected chi connectivity index (χ2v) is 6.91. The summed E-state index contributed by atoms with van der Waals surface area (Å²) in [5, 5.41) is 10.6. The van der Waals surface area contributed by atoms with Crippen LogP contribution in [0.2, 0.25) is 0 Å². The van der Waals surface area contributed by atoms with Gasteiger partial charge in [0.1, 0.15) is 17.5 Å². The van der Waals surface area contributed by atoms with Crippen LogP contribution < -0.4 is 4.74 Å². The molecule has 130 valence electrons. The highest BCUT2D eigenvalue weighted by Crippen LogP contribution is 2.22. The van der Waals surface area contributed by atoms with Gasteiger partial charge in [0.05, 0.1) is 18.2 Å². The van der Waals surface area contributed by atoms with E-state index in [4.69, 9.17) is 19.6 Å². The maximum atomic E-state index is 11.7. The van der Waals surface area contributed by atoms with E-state index < -0.39 is 11.8 Å². The highest BCUT2D eigenvalue weighted by Gasteiger charge is 2.26. The van der Waals surface area contributed by atoms with Gasteiger partial charge in [-0.3, -0.25) is 0 Å². The molecule has 1 aromatic rings. The number of hydrogen-bond acceptors (Lipinski definition) is 6. The molecule has 1 atom stereocenters. The lowest BCUT2D eigenvalue weighted by molar-refractivity contribution is -0.164. The summed E-state index contributed by atoms with van der Waals surface area (Å²) in [6.45, 7) is 8.41. The van der Waals surface area contributed by atoms with E-state index in [0.29, 0.717) is 18.7 Å². The summed E-state index contributed by atoms with van der Waals surface area (Å²) in [5.74, 6) is 0.718. The van der Waals surface area contributed by atoms with Crippen LogP contribution in [-0.2, 0) is 9.57 Å². The quantitative estimate of drug-likeness (QED) is 0.788. The van der Waals surface area contributed by atoms with Crippen molar-refractivity contribution in [1.29, 1.82) is 5.26 Å². The lowest BCUT2D eigenvalue weighted by atomic mass is 10.1. The van der Waals surface area contributed by atoms with Gasteiger partial charge < -0.3 is 14.3 Å². The zero-order valence-electron chi connectivity index (χ0n) is 14.7. The van der Waals surface area contributed by atoms with E-state index in [1.807, 2.05) is 13.0 Å². The van der Waals surface area contributed by atoms with Gasteiger partial charge in [0.2, 0.25) is 0 Å². The Hall–Kier alpha value is -2.26. The molecule has 1 aliphatic heterocycles. The van der Waals surface area contributed by atoms with Crippen molar-refractivity contribution in [1.82, 2.24) is 5.06 Å². The van der Waals surface area contributed by atoms with E-state index in [9.17, 15) is 4.79 Å². The van der Waals surface area contributed by atoms with Crippen molar-refractivity contribution >= 4 is 6.16 Å². The molecule has 0 bridgehead atoms. The third-order valence-corrected chi connectivity index (χ3v) is 3.56. The SMILES string of the molecule is Cc1cc(OC2CCCN(OC(=O)OC(C)(C)C)C2)ccc1C#N. The number of piperidine rings is 1. The summed E-state index contributed by atoms with van der Waals surface area (Å²) in [6.07, 6.45) is 0.974. The van der Waals surface area contributed by atoms with Gasteiger partial charge in [-0.15, -0.1) is 5.06 Å². The fourth-order valence-electron chi connectivity index (χ4n) is 2.49. The molecule has 2 rings (SSSR count). The molecule has 1 unspecified atom stereocenters. The smallest absolute Gasteiger partial charge is 0.489 e. The molecule has 0 N–H and O–H groups in total. The molecular weight excluding hydrogens is 308 g/mol. The number of nitriles is 1. The van der Waals surface area contributed by atoms with Crippen LogP contribution in [0.4, 0.5) is 4.79 Å². The number of carbonyl (C=O) groups is 1. The van der Waals surface area contributed by atoms with Crippen LogP contribution in [0.3, 0.4) is 0 Å². The first-order valence-corrected chi connectivity index (χ1v) is 8.10. The van der Waals surface area contributed by atoms with E-state index in [1.165, 1.54) is 0 Å². The number of hydroxylamine groups is 2. The van der Waals surface area contributed by atoms with Gasteiger partial charge in [0.25, 0.3) is 0 Å². The molecule has 1 aliphatic rings. The van der Waals surface area contributed by atoms with Gasteiger partial charge in [-0.1, -0.05) is 0 Å². The lowest BCUT2D eigenvalue weighted by Crippen LogP contribution is -2.43. The van der Waals surface area contributed by atoms with Crippen molar-refractivity contribution in [2.45, 2.75) is 52.2 Å². The predicted octanol–water partition coefficient (Wildman–Crippen LogP) is 3.58. The van der Waals surface area contributed by atoms with Crippen molar-refractivity contribution in [3.63, 3.8) is 0 Å². The van der Waals surface area contributed by atoms with Gasteiger partial charge >= 0.3 is 6.16 Å². The highest BCUT2D eigenvalue weighted by atomic mass is 16.8. The topological polar surface area (TPSA) is 71.8 Å². The van der Waals surface area contributed by atoms with Crippen LogP contribution in [0, 0.1) is 18.3 Å². The maximum absolute atomic E-state index is 11.7.